The number of hydrogen-bond donors (Lipinski definition) is 2. The van der Waals surface area contributed by atoms with E-state index in [-0.39, 0.29) is 11.8 Å². The summed E-state index contributed by atoms with van der Waals surface area (Å²) in [5.74, 6) is 0.0427. The van der Waals surface area contributed by atoms with Crippen molar-refractivity contribution in [1.29, 1.82) is 0 Å². The van der Waals surface area contributed by atoms with E-state index < -0.39 is 0 Å². The zero-order chi connectivity index (χ0) is 18.1. The highest BCUT2D eigenvalue weighted by Gasteiger charge is 2.17. The second-order valence-corrected chi connectivity index (χ2v) is 6.21. The Morgan fingerprint density at radius 2 is 1.62 bits per heavy atom. The van der Waals surface area contributed by atoms with E-state index in [1.807, 2.05) is 64.2 Å². The molecule has 134 valence electrons. The number of quaternary nitrogens is 1. The minimum Gasteiger partial charge on any atom is -0.378 e. The maximum Gasteiger partial charge on any atom is 0.277 e. The van der Waals surface area contributed by atoms with Gasteiger partial charge in [-0.1, -0.05) is 12.1 Å². The molecule has 0 aliphatic heterocycles. The number of carbonyl (C=O) groups excluding carboxylic acids is 2. The third-order valence-corrected chi connectivity index (χ3v) is 3.97. The second kappa shape index (κ2) is 9.93. The maximum atomic E-state index is 12.0. The molecule has 1 unspecified atom stereocenters. The van der Waals surface area contributed by atoms with Crippen LogP contribution in [0.1, 0.15) is 19.4 Å². The fourth-order valence-corrected chi connectivity index (χ4v) is 2.46. The van der Waals surface area contributed by atoms with Crippen molar-refractivity contribution in [3.05, 3.63) is 29.8 Å². The standard InChI is InChI=1S/C18H30N4O2/c1-6-22(7-2)18(24)14-21(5)13-17(23)19-12-15-8-10-16(11-9-15)20(3)4/h8-11H,6-7,12-14H2,1-5H3,(H,19,23)/p+1. The van der Waals surface area contributed by atoms with Crippen LogP contribution in [-0.4, -0.2) is 64.0 Å². The quantitative estimate of drug-likeness (QED) is 0.654. The van der Waals surface area contributed by atoms with Gasteiger partial charge in [-0.05, 0) is 31.5 Å². The normalized spacial score (nSPS) is 11.7. The van der Waals surface area contributed by atoms with Crippen LogP contribution >= 0.6 is 0 Å². The summed E-state index contributed by atoms with van der Waals surface area (Å²) < 4.78 is 0. The third-order valence-electron chi connectivity index (χ3n) is 3.97. The lowest BCUT2D eigenvalue weighted by Gasteiger charge is -2.21. The molecule has 0 bridgehead atoms. The van der Waals surface area contributed by atoms with Crippen LogP contribution in [0.2, 0.25) is 0 Å². The molecule has 1 atom stereocenters. The minimum atomic E-state index is -0.0449. The van der Waals surface area contributed by atoms with E-state index in [2.05, 4.69) is 5.32 Å². The summed E-state index contributed by atoms with van der Waals surface area (Å²) in [5, 5.41) is 2.91. The third kappa shape index (κ3) is 6.58. The number of nitrogens with one attached hydrogen (secondary N) is 2. The van der Waals surface area contributed by atoms with Crippen molar-refractivity contribution in [2.45, 2.75) is 20.4 Å². The highest BCUT2D eigenvalue weighted by Crippen LogP contribution is 2.11. The number of rotatable bonds is 9. The molecule has 6 heteroatoms. The number of nitrogens with zero attached hydrogens (tertiary/aromatic N) is 2. The first kappa shape index (κ1) is 20.0. The van der Waals surface area contributed by atoms with Crippen LogP contribution in [0.25, 0.3) is 0 Å². The van der Waals surface area contributed by atoms with Crippen LogP contribution in [-0.2, 0) is 16.1 Å². The first-order valence-electron chi connectivity index (χ1n) is 8.49. The van der Waals surface area contributed by atoms with Gasteiger partial charge in [0.25, 0.3) is 11.8 Å². The molecule has 1 aromatic rings. The van der Waals surface area contributed by atoms with E-state index in [4.69, 9.17) is 0 Å². The van der Waals surface area contributed by atoms with Crippen LogP contribution in [0.3, 0.4) is 0 Å². The molecule has 1 rings (SSSR count). The average Bonchev–Trinajstić information content (AvgIpc) is 2.54. The summed E-state index contributed by atoms with van der Waals surface area (Å²) in [6.45, 7) is 6.48. The molecule has 24 heavy (non-hydrogen) atoms. The molecular weight excluding hydrogens is 304 g/mol. The first-order chi connectivity index (χ1) is 11.4. The maximum absolute atomic E-state index is 12.0. The topological polar surface area (TPSA) is 57.1 Å². The van der Waals surface area contributed by atoms with E-state index in [0.29, 0.717) is 32.7 Å². The van der Waals surface area contributed by atoms with Crippen molar-refractivity contribution in [2.24, 2.45) is 0 Å². The lowest BCUT2D eigenvalue weighted by molar-refractivity contribution is -0.863. The molecule has 0 aliphatic carbocycles. The Balaban J connectivity index is 2.38. The van der Waals surface area contributed by atoms with Gasteiger partial charge in [0.05, 0.1) is 7.05 Å². The summed E-state index contributed by atoms with van der Waals surface area (Å²) in [7, 11) is 5.86. The summed E-state index contributed by atoms with van der Waals surface area (Å²) >= 11 is 0. The van der Waals surface area contributed by atoms with Crippen molar-refractivity contribution in [1.82, 2.24) is 10.2 Å². The molecule has 0 fully saturated rings. The molecule has 6 nitrogen and oxygen atoms in total. The van der Waals surface area contributed by atoms with Crippen LogP contribution < -0.4 is 15.1 Å². The van der Waals surface area contributed by atoms with E-state index in [1.165, 1.54) is 0 Å². The Bertz CT molecular complexity index is 524. The van der Waals surface area contributed by atoms with Gasteiger partial charge < -0.3 is 20.0 Å². The summed E-state index contributed by atoms with van der Waals surface area (Å²) in [5.41, 5.74) is 2.19. The Kier molecular flexibility index (Phi) is 8.26. The predicted octanol–water partition coefficient (Wildman–Crippen LogP) is -0.248. The van der Waals surface area contributed by atoms with Gasteiger partial charge in [-0.3, -0.25) is 9.59 Å². The summed E-state index contributed by atoms with van der Waals surface area (Å²) in [4.78, 5) is 28.8. The van der Waals surface area contributed by atoms with Crippen molar-refractivity contribution in [2.75, 3.05) is 52.2 Å². The van der Waals surface area contributed by atoms with Gasteiger partial charge in [-0.15, -0.1) is 0 Å². The highest BCUT2D eigenvalue weighted by molar-refractivity contribution is 5.79. The van der Waals surface area contributed by atoms with Gasteiger partial charge >= 0.3 is 0 Å². The van der Waals surface area contributed by atoms with Gasteiger partial charge in [0.2, 0.25) is 0 Å². The Labute approximate surface area is 145 Å². The molecular formula is C18H31N4O2+. The van der Waals surface area contributed by atoms with E-state index in [9.17, 15) is 9.59 Å². The van der Waals surface area contributed by atoms with Gasteiger partial charge in [0, 0.05) is 39.4 Å². The van der Waals surface area contributed by atoms with Crippen LogP contribution in [0, 0.1) is 0 Å². The number of anilines is 1. The first-order valence-corrected chi connectivity index (χ1v) is 8.49. The molecule has 0 aliphatic rings. The zero-order valence-electron chi connectivity index (χ0n) is 15.6. The summed E-state index contributed by atoms with van der Waals surface area (Å²) in [6.07, 6.45) is 0. The molecule has 0 radical (unpaired) electrons. The van der Waals surface area contributed by atoms with Gasteiger partial charge in [0.1, 0.15) is 0 Å². The smallest absolute Gasteiger partial charge is 0.277 e. The Morgan fingerprint density at radius 3 is 2.12 bits per heavy atom. The van der Waals surface area contributed by atoms with Crippen molar-refractivity contribution in [3.8, 4) is 0 Å². The largest absolute Gasteiger partial charge is 0.378 e. The second-order valence-electron chi connectivity index (χ2n) is 6.21. The highest BCUT2D eigenvalue weighted by atomic mass is 16.2. The number of benzene rings is 1. The van der Waals surface area contributed by atoms with Crippen molar-refractivity contribution < 1.29 is 14.5 Å². The minimum absolute atomic E-state index is 0.0449. The van der Waals surface area contributed by atoms with Gasteiger partial charge in [-0.25, -0.2) is 0 Å². The fourth-order valence-electron chi connectivity index (χ4n) is 2.46. The van der Waals surface area contributed by atoms with E-state index in [0.717, 1.165) is 16.2 Å². The molecule has 0 spiro atoms. The number of likely N-dealkylation sites (N-methyl/N-ethyl adjacent to an activating group) is 2. The number of hydrogen-bond acceptors (Lipinski definition) is 3. The fraction of sp³-hybridized carbons (Fsp3) is 0.556. The van der Waals surface area contributed by atoms with Crippen LogP contribution in [0.5, 0.6) is 0 Å². The van der Waals surface area contributed by atoms with Crippen LogP contribution in [0.15, 0.2) is 24.3 Å². The molecule has 0 saturated heterocycles. The molecule has 0 saturated carbocycles. The SMILES string of the molecule is CCN(CC)C(=O)C[NH+](C)CC(=O)NCc1ccc(N(C)C)cc1. The zero-order valence-corrected chi connectivity index (χ0v) is 15.6. The lowest BCUT2D eigenvalue weighted by atomic mass is 10.2. The Hall–Kier alpha value is -2.08. The van der Waals surface area contributed by atoms with Gasteiger partial charge in [-0.2, -0.15) is 0 Å². The summed E-state index contributed by atoms with van der Waals surface area (Å²) in [6, 6.07) is 8.08. The monoisotopic (exact) mass is 335 g/mol. The molecule has 1 aromatic carbocycles. The van der Waals surface area contributed by atoms with E-state index in [1.54, 1.807) is 4.90 Å². The molecule has 2 amide bonds. The Morgan fingerprint density at radius 1 is 1.04 bits per heavy atom. The molecule has 2 N–H and O–H groups in total. The lowest BCUT2D eigenvalue weighted by Crippen LogP contribution is -3.11. The van der Waals surface area contributed by atoms with Crippen LogP contribution in [0.4, 0.5) is 5.69 Å². The average molecular weight is 335 g/mol. The van der Waals surface area contributed by atoms with Gasteiger partial charge in [0.15, 0.2) is 13.1 Å². The van der Waals surface area contributed by atoms with Crippen molar-refractivity contribution >= 4 is 17.5 Å². The predicted molar refractivity (Wildman–Crippen MR) is 97.2 cm³/mol. The number of carbonyl (C=O) groups is 2. The number of amides is 2. The van der Waals surface area contributed by atoms with Crippen molar-refractivity contribution in [3.63, 3.8) is 0 Å². The van der Waals surface area contributed by atoms with E-state index >= 15 is 0 Å². The molecule has 0 aromatic heterocycles. The molecule has 0 heterocycles.